The SMILES string of the molecule is Fc1ccc(CSc2nnc(-c3ccco3)n2Cc2ccccc2)cc1. The van der Waals surface area contributed by atoms with Crippen molar-refractivity contribution in [2.45, 2.75) is 17.5 Å². The third-order valence-electron chi connectivity index (χ3n) is 3.92. The van der Waals surface area contributed by atoms with E-state index in [-0.39, 0.29) is 5.82 Å². The molecule has 26 heavy (non-hydrogen) atoms. The zero-order valence-corrected chi connectivity index (χ0v) is 14.7. The van der Waals surface area contributed by atoms with E-state index in [0.29, 0.717) is 23.9 Å². The van der Waals surface area contributed by atoms with Crippen molar-refractivity contribution in [3.63, 3.8) is 0 Å². The molecule has 0 aliphatic rings. The van der Waals surface area contributed by atoms with Crippen LogP contribution < -0.4 is 0 Å². The van der Waals surface area contributed by atoms with Crippen LogP contribution in [0.5, 0.6) is 0 Å². The van der Waals surface area contributed by atoms with Crippen LogP contribution in [0.1, 0.15) is 11.1 Å². The second-order valence-electron chi connectivity index (χ2n) is 5.77. The van der Waals surface area contributed by atoms with Crippen molar-refractivity contribution >= 4 is 11.8 Å². The number of furan rings is 1. The lowest BCUT2D eigenvalue weighted by Gasteiger charge is -2.09. The molecule has 4 rings (SSSR count). The maximum absolute atomic E-state index is 13.1. The molecular weight excluding hydrogens is 349 g/mol. The van der Waals surface area contributed by atoms with Crippen molar-refractivity contribution in [1.29, 1.82) is 0 Å². The first-order chi connectivity index (χ1) is 12.8. The Balaban J connectivity index is 1.62. The van der Waals surface area contributed by atoms with Crippen LogP contribution in [-0.2, 0) is 12.3 Å². The van der Waals surface area contributed by atoms with E-state index < -0.39 is 0 Å². The van der Waals surface area contributed by atoms with E-state index in [2.05, 4.69) is 22.3 Å². The van der Waals surface area contributed by atoms with Crippen LogP contribution in [0.2, 0.25) is 0 Å². The standard InChI is InChI=1S/C20H16FN3OS/c21-17-10-8-16(9-11-17)14-26-20-23-22-19(18-7-4-12-25-18)24(20)13-15-5-2-1-3-6-15/h1-12H,13-14H2. The summed E-state index contributed by atoms with van der Waals surface area (Å²) in [4.78, 5) is 0. The molecule has 0 aliphatic carbocycles. The van der Waals surface area contributed by atoms with E-state index in [1.807, 2.05) is 34.9 Å². The minimum absolute atomic E-state index is 0.230. The molecule has 0 N–H and O–H groups in total. The van der Waals surface area contributed by atoms with Crippen LogP contribution in [0.4, 0.5) is 4.39 Å². The molecule has 6 heteroatoms. The molecule has 4 nitrogen and oxygen atoms in total. The van der Waals surface area contributed by atoms with Crippen molar-refractivity contribution in [2.75, 3.05) is 0 Å². The smallest absolute Gasteiger partial charge is 0.200 e. The Labute approximate surface area is 154 Å². The summed E-state index contributed by atoms with van der Waals surface area (Å²) in [5.74, 6) is 1.83. The summed E-state index contributed by atoms with van der Waals surface area (Å²) < 4.78 is 20.6. The molecule has 0 saturated carbocycles. The van der Waals surface area contributed by atoms with Gasteiger partial charge in [-0.25, -0.2) is 4.39 Å². The molecule has 0 bridgehead atoms. The third kappa shape index (κ3) is 3.70. The molecule has 4 aromatic rings. The summed E-state index contributed by atoms with van der Waals surface area (Å²) in [6, 6.07) is 20.4. The monoisotopic (exact) mass is 365 g/mol. The van der Waals surface area contributed by atoms with E-state index in [1.165, 1.54) is 12.1 Å². The van der Waals surface area contributed by atoms with E-state index >= 15 is 0 Å². The van der Waals surface area contributed by atoms with Crippen LogP contribution in [0, 0.1) is 5.82 Å². The Morgan fingerprint density at radius 3 is 2.42 bits per heavy atom. The van der Waals surface area contributed by atoms with Crippen LogP contribution >= 0.6 is 11.8 Å². The molecule has 0 saturated heterocycles. The van der Waals surface area contributed by atoms with Crippen LogP contribution in [0.3, 0.4) is 0 Å². The molecule has 130 valence electrons. The van der Waals surface area contributed by atoms with Gasteiger partial charge in [0.05, 0.1) is 12.8 Å². The van der Waals surface area contributed by atoms with Gasteiger partial charge in [-0.3, -0.25) is 4.57 Å². The molecular formula is C20H16FN3OS. The third-order valence-corrected chi connectivity index (χ3v) is 4.96. The highest BCUT2D eigenvalue weighted by molar-refractivity contribution is 7.98. The number of hydrogen-bond donors (Lipinski definition) is 0. The minimum Gasteiger partial charge on any atom is -0.461 e. The van der Waals surface area contributed by atoms with Gasteiger partial charge in [-0.15, -0.1) is 10.2 Å². The fourth-order valence-corrected chi connectivity index (χ4v) is 3.51. The predicted octanol–water partition coefficient (Wildman–Crippen LogP) is 5.02. The molecule has 2 aromatic heterocycles. The number of aromatic nitrogens is 3. The fraction of sp³-hybridized carbons (Fsp3) is 0.100. The minimum atomic E-state index is -0.230. The lowest BCUT2D eigenvalue weighted by molar-refractivity contribution is 0.569. The van der Waals surface area contributed by atoms with Crippen LogP contribution in [0.25, 0.3) is 11.6 Å². The highest BCUT2D eigenvalue weighted by Crippen LogP contribution is 2.27. The topological polar surface area (TPSA) is 43.9 Å². The van der Waals surface area contributed by atoms with Crippen molar-refractivity contribution in [3.05, 3.63) is 89.9 Å². The highest BCUT2D eigenvalue weighted by atomic mass is 32.2. The summed E-state index contributed by atoms with van der Waals surface area (Å²) in [5, 5.41) is 9.46. The van der Waals surface area contributed by atoms with Crippen LogP contribution in [-0.4, -0.2) is 14.8 Å². The van der Waals surface area contributed by atoms with E-state index in [1.54, 1.807) is 30.2 Å². The summed E-state index contributed by atoms with van der Waals surface area (Å²) in [6.45, 7) is 0.648. The zero-order valence-electron chi connectivity index (χ0n) is 13.9. The van der Waals surface area contributed by atoms with Gasteiger partial charge in [-0.2, -0.15) is 0 Å². The first kappa shape index (κ1) is 16.6. The van der Waals surface area contributed by atoms with Gasteiger partial charge in [0.25, 0.3) is 0 Å². The van der Waals surface area contributed by atoms with E-state index in [9.17, 15) is 4.39 Å². The first-order valence-electron chi connectivity index (χ1n) is 8.18. The van der Waals surface area contributed by atoms with Gasteiger partial charge < -0.3 is 4.42 Å². The van der Waals surface area contributed by atoms with Gasteiger partial charge in [0.1, 0.15) is 5.82 Å². The van der Waals surface area contributed by atoms with Gasteiger partial charge in [0.15, 0.2) is 10.9 Å². The number of nitrogens with zero attached hydrogens (tertiary/aromatic N) is 3. The maximum Gasteiger partial charge on any atom is 0.200 e. The van der Waals surface area contributed by atoms with Crippen molar-refractivity contribution in [3.8, 4) is 11.6 Å². The fourth-order valence-electron chi connectivity index (χ4n) is 2.62. The predicted molar refractivity (Wildman–Crippen MR) is 99.2 cm³/mol. The lowest BCUT2D eigenvalue weighted by Crippen LogP contribution is -2.03. The highest BCUT2D eigenvalue weighted by Gasteiger charge is 2.16. The summed E-state index contributed by atoms with van der Waals surface area (Å²) in [6.07, 6.45) is 1.63. The van der Waals surface area contributed by atoms with Gasteiger partial charge in [-0.1, -0.05) is 54.2 Å². The number of rotatable bonds is 6. The largest absolute Gasteiger partial charge is 0.461 e. The van der Waals surface area contributed by atoms with Gasteiger partial charge in [0, 0.05) is 5.75 Å². The molecule has 2 aromatic carbocycles. The molecule has 0 aliphatic heterocycles. The zero-order chi connectivity index (χ0) is 17.8. The Hall–Kier alpha value is -2.86. The molecule has 0 radical (unpaired) electrons. The molecule has 0 unspecified atom stereocenters. The molecule has 0 spiro atoms. The Morgan fingerprint density at radius 2 is 1.69 bits per heavy atom. The average Bonchev–Trinajstić information content (AvgIpc) is 3.32. The molecule has 0 amide bonds. The van der Waals surface area contributed by atoms with Crippen LogP contribution in [0.15, 0.2) is 82.6 Å². The molecule has 0 fully saturated rings. The normalized spacial score (nSPS) is 11.0. The molecule has 0 atom stereocenters. The summed E-state index contributed by atoms with van der Waals surface area (Å²) in [5.41, 5.74) is 2.19. The van der Waals surface area contributed by atoms with E-state index in [4.69, 9.17) is 4.42 Å². The molecule has 2 heterocycles. The van der Waals surface area contributed by atoms with Crippen molar-refractivity contribution in [2.24, 2.45) is 0 Å². The second kappa shape index (κ2) is 7.58. The van der Waals surface area contributed by atoms with Crippen molar-refractivity contribution < 1.29 is 8.81 Å². The number of halogens is 1. The van der Waals surface area contributed by atoms with Crippen molar-refractivity contribution in [1.82, 2.24) is 14.8 Å². The Bertz CT molecular complexity index is 966. The lowest BCUT2D eigenvalue weighted by atomic mass is 10.2. The quantitative estimate of drug-likeness (QED) is 0.450. The maximum atomic E-state index is 13.1. The Morgan fingerprint density at radius 1 is 0.885 bits per heavy atom. The number of hydrogen-bond acceptors (Lipinski definition) is 4. The average molecular weight is 365 g/mol. The van der Waals surface area contributed by atoms with Gasteiger partial charge in [0.2, 0.25) is 5.82 Å². The van der Waals surface area contributed by atoms with E-state index in [0.717, 1.165) is 16.3 Å². The Kier molecular flexibility index (Phi) is 4.84. The summed E-state index contributed by atoms with van der Waals surface area (Å²) >= 11 is 1.57. The van der Waals surface area contributed by atoms with Gasteiger partial charge >= 0.3 is 0 Å². The summed E-state index contributed by atoms with van der Waals surface area (Å²) in [7, 11) is 0. The number of benzene rings is 2. The first-order valence-corrected chi connectivity index (χ1v) is 9.16. The van der Waals surface area contributed by atoms with Gasteiger partial charge in [-0.05, 0) is 35.4 Å². The number of thioether (sulfide) groups is 1. The second-order valence-corrected chi connectivity index (χ2v) is 6.71.